The first-order chi connectivity index (χ1) is 17.3. The summed E-state index contributed by atoms with van der Waals surface area (Å²) in [6.45, 7) is 6.89. The molecule has 36 heavy (non-hydrogen) atoms. The second kappa shape index (κ2) is 11.4. The Morgan fingerprint density at radius 3 is 1.72 bits per heavy atom. The van der Waals surface area contributed by atoms with Gasteiger partial charge in [-0.15, -0.1) is 0 Å². The molecule has 5 heteroatoms. The zero-order valence-corrected chi connectivity index (χ0v) is 22.0. The zero-order valence-electron chi connectivity index (χ0n) is 21.0. The molecule has 0 aliphatic heterocycles. The van der Waals surface area contributed by atoms with Crippen LogP contribution < -0.4 is 10.5 Å². The lowest BCUT2D eigenvalue weighted by Gasteiger charge is -2.27. The summed E-state index contributed by atoms with van der Waals surface area (Å²) in [6.07, 6.45) is -1.87. The molecular formula is C31H33NO3Si. The molecule has 0 aliphatic carbocycles. The maximum absolute atomic E-state index is 13.8. The molecular weight excluding hydrogens is 462 g/mol. The van der Waals surface area contributed by atoms with E-state index >= 15 is 0 Å². The maximum Gasteiger partial charge on any atom is 0.333 e. The lowest BCUT2D eigenvalue weighted by atomic mass is 9.98. The van der Waals surface area contributed by atoms with Crippen molar-refractivity contribution >= 4 is 24.9 Å². The second-order valence-corrected chi connectivity index (χ2v) is 15.0. The smallest absolute Gasteiger partial charge is 0.333 e. The van der Waals surface area contributed by atoms with Crippen molar-refractivity contribution in [3.8, 4) is 0 Å². The van der Waals surface area contributed by atoms with Crippen molar-refractivity contribution in [2.45, 2.75) is 37.9 Å². The first kappa shape index (κ1) is 25.4. The van der Waals surface area contributed by atoms with Crippen LogP contribution in [-0.2, 0) is 9.53 Å². The Bertz CT molecular complexity index is 1240. The van der Waals surface area contributed by atoms with Gasteiger partial charge in [-0.1, -0.05) is 128 Å². The fraction of sp³-hybridized carbons (Fsp3) is 0.194. The first-order valence-corrected chi connectivity index (χ1v) is 15.7. The molecule has 0 saturated carbocycles. The highest BCUT2D eigenvalue weighted by Crippen LogP contribution is 2.34. The van der Waals surface area contributed by atoms with E-state index in [1.807, 2.05) is 103 Å². The summed E-state index contributed by atoms with van der Waals surface area (Å²) in [4.78, 5) is 13.8. The molecule has 4 aromatic rings. The molecule has 0 bridgehead atoms. The number of aliphatic hydroxyl groups excluding tert-OH is 1. The molecule has 0 radical (unpaired) electrons. The molecule has 4 rings (SSSR count). The molecule has 184 valence electrons. The Labute approximate surface area is 214 Å². The third kappa shape index (κ3) is 6.30. The number of hydrogen-bond acceptors (Lipinski definition) is 4. The molecule has 3 atom stereocenters. The molecule has 4 aromatic carbocycles. The van der Waals surface area contributed by atoms with Gasteiger partial charge in [0.2, 0.25) is 0 Å². The standard InChI is InChI=1S/C31H33NO3Si/c1-36(2,3)27-21-19-23(20-22-27)28(32-26-17-11-6-12-18-26)31(34)35-30(25-15-9-5-10-16-25)29(33)24-13-7-4-8-14-24/h4-22,28-30,32-33H,1-3H3/t28-,29-,30-/m1/s1. The van der Waals surface area contributed by atoms with E-state index in [4.69, 9.17) is 4.74 Å². The third-order valence-electron chi connectivity index (χ3n) is 6.23. The molecule has 0 aliphatic rings. The van der Waals surface area contributed by atoms with Gasteiger partial charge in [-0.25, -0.2) is 4.79 Å². The minimum absolute atomic E-state index is 0.455. The summed E-state index contributed by atoms with van der Waals surface area (Å²) in [5.41, 5.74) is 3.04. The summed E-state index contributed by atoms with van der Waals surface area (Å²) >= 11 is 0. The SMILES string of the molecule is C[Si](C)(C)c1ccc([C@@H](Nc2ccccc2)C(=O)O[C@H](c2ccccc2)[C@H](O)c2ccccc2)cc1. The molecule has 0 saturated heterocycles. The Kier molecular flexibility index (Phi) is 8.03. The molecule has 2 N–H and O–H groups in total. The number of carbonyl (C=O) groups is 1. The fourth-order valence-electron chi connectivity index (χ4n) is 4.13. The zero-order chi connectivity index (χ0) is 25.5. The van der Waals surface area contributed by atoms with Crippen molar-refractivity contribution in [2.24, 2.45) is 0 Å². The summed E-state index contributed by atoms with van der Waals surface area (Å²) in [5.74, 6) is -0.455. The fourth-order valence-corrected chi connectivity index (χ4v) is 5.30. The van der Waals surface area contributed by atoms with E-state index < -0.39 is 32.3 Å². The van der Waals surface area contributed by atoms with E-state index in [0.29, 0.717) is 5.56 Å². The van der Waals surface area contributed by atoms with Crippen LogP contribution in [0.1, 0.15) is 34.9 Å². The van der Waals surface area contributed by atoms with Crippen LogP contribution in [-0.4, -0.2) is 19.1 Å². The number of rotatable bonds is 9. The summed E-state index contributed by atoms with van der Waals surface area (Å²) in [6, 6.07) is 35.8. The van der Waals surface area contributed by atoms with E-state index in [0.717, 1.165) is 16.8 Å². The van der Waals surface area contributed by atoms with Gasteiger partial charge >= 0.3 is 5.97 Å². The molecule has 0 spiro atoms. The summed E-state index contributed by atoms with van der Waals surface area (Å²) in [5, 5.41) is 15.9. The van der Waals surface area contributed by atoms with E-state index in [1.54, 1.807) is 0 Å². The van der Waals surface area contributed by atoms with Gasteiger partial charge in [0.25, 0.3) is 0 Å². The molecule has 0 aromatic heterocycles. The predicted molar refractivity (Wildman–Crippen MR) is 149 cm³/mol. The number of aliphatic hydroxyl groups is 1. The van der Waals surface area contributed by atoms with Crippen LogP contribution in [0.3, 0.4) is 0 Å². The minimum atomic E-state index is -1.48. The number of benzene rings is 4. The van der Waals surface area contributed by atoms with Crippen LogP contribution in [0.5, 0.6) is 0 Å². The molecule has 0 heterocycles. The number of para-hydroxylation sites is 1. The average molecular weight is 496 g/mol. The largest absolute Gasteiger partial charge is 0.453 e. The van der Waals surface area contributed by atoms with Gasteiger partial charge in [-0.2, -0.15) is 0 Å². The number of hydrogen-bond donors (Lipinski definition) is 2. The Morgan fingerprint density at radius 1 is 0.694 bits per heavy atom. The van der Waals surface area contributed by atoms with Crippen molar-refractivity contribution in [3.63, 3.8) is 0 Å². The van der Waals surface area contributed by atoms with Crippen molar-refractivity contribution in [2.75, 3.05) is 5.32 Å². The molecule has 0 unspecified atom stereocenters. The van der Waals surface area contributed by atoms with Gasteiger partial charge in [0.05, 0.1) is 8.07 Å². The van der Waals surface area contributed by atoms with E-state index in [-0.39, 0.29) is 0 Å². The molecule has 4 nitrogen and oxygen atoms in total. The highest BCUT2D eigenvalue weighted by molar-refractivity contribution is 6.88. The van der Waals surface area contributed by atoms with Gasteiger partial charge in [-0.3, -0.25) is 0 Å². The average Bonchev–Trinajstić information content (AvgIpc) is 2.91. The number of carbonyl (C=O) groups excluding carboxylic acids is 1. The summed E-state index contributed by atoms with van der Waals surface area (Å²) < 4.78 is 6.10. The monoisotopic (exact) mass is 495 g/mol. The van der Waals surface area contributed by atoms with Crippen LogP contribution in [0.15, 0.2) is 115 Å². The lowest BCUT2D eigenvalue weighted by molar-refractivity contribution is -0.157. The summed E-state index contributed by atoms with van der Waals surface area (Å²) in [7, 11) is -1.48. The molecule has 0 fully saturated rings. The third-order valence-corrected chi connectivity index (χ3v) is 8.30. The maximum atomic E-state index is 13.8. The van der Waals surface area contributed by atoms with E-state index in [1.165, 1.54) is 5.19 Å². The predicted octanol–water partition coefficient (Wildman–Crippen LogP) is 6.40. The van der Waals surface area contributed by atoms with Gasteiger partial charge in [0.15, 0.2) is 12.1 Å². The van der Waals surface area contributed by atoms with Crippen molar-refractivity contribution in [1.29, 1.82) is 0 Å². The highest BCUT2D eigenvalue weighted by Gasteiger charge is 2.31. The Morgan fingerprint density at radius 2 is 1.19 bits per heavy atom. The Balaban J connectivity index is 1.67. The van der Waals surface area contributed by atoms with Crippen LogP contribution in [0.4, 0.5) is 5.69 Å². The van der Waals surface area contributed by atoms with Gasteiger partial charge < -0.3 is 15.2 Å². The number of ether oxygens (including phenoxy) is 1. The number of nitrogens with one attached hydrogen (secondary N) is 1. The molecule has 0 amide bonds. The van der Waals surface area contributed by atoms with Crippen molar-refractivity contribution in [3.05, 3.63) is 132 Å². The van der Waals surface area contributed by atoms with E-state index in [9.17, 15) is 9.90 Å². The van der Waals surface area contributed by atoms with Crippen LogP contribution >= 0.6 is 0 Å². The van der Waals surface area contributed by atoms with Gasteiger partial charge in [-0.05, 0) is 28.8 Å². The quantitative estimate of drug-likeness (QED) is 0.208. The second-order valence-electron chi connectivity index (χ2n) is 9.94. The minimum Gasteiger partial charge on any atom is -0.453 e. The first-order valence-electron chi connectivity index (χ1n) is 12.2. The lowest BCUT2D eigenvalue weighted by Crippen LogP contribution is -2.37. The van der Waals surface area contributed by atoms with Crippen LogP contribution in [0, 0.1) is 0 Å². The van der Waals surface area contributed by atoms with Crippen molar-refractivity contribution < 1.29 is 14.6 Å². The van der Waals surface area contributed by atoms with Crippen LogP contribution in [0.2, 0.25) is 19.6 Å². The topological polar surface area (TPSA) is 58.6 Å². The van der Waals surface area contributed by atoms with Gasteiger partial charge in [0.1, 0.15) is 6.10 Å². The Hall–Kier alpha value is -3.67. The number of esters is 1. The van der Waals surface area contributed by atoms with Crippen LogP contribution in [0.25, 0.3) is 0 Å². The van der Waals surface area contributed by atoms with E-state index in [2.05, 4.69) is 37.1 Å². The highest BCUT2D eigenvalue weighted by atomic mass is 28.3. The van der Waals surface area contributed by atoms with Gasteiger partial charge in [0, 0.05) is 5.69 Å². The van der Waals surface area contributed by atoms with Crippen molar-refractivity contribution in [1.82, 2.24) is 0 Å². The number of anilines is 1. The normalized spacial score (nSPS) is 13.9.